The first-order valence-electron chi connectivity index (χ1n) is 6.65. The first kappa shape index (κ1) is 15.7. The summed E-state index contributed by atoms with van der Waals surface area (Å²) >= 11 is 6.14. The van der Waals surface area contributed by atoms with Crippen molar-refractivity contribution in [2.45, 2.75) is 20.0 Å². The molecule has 0 bridgehead atoms. The van der Waals surface area contributed by atoms with Crippen LogP contribution < -0.4 is 9.47 Å². The number of methoxy groups -OCH3 is 2. The minimum absolute atomic E-state index is 0.594. The highest BCUT2D eigenvalue weighted by atomic mass is 35.5. The number of aliphatic hydroxyl groups is 1. The quantitative estimate of drug-likeness (QED) is 0.926. The van der Waals surface area contributed by atoms with Crippen molar-refractivity contribution in [3.05, 3.63) is 57.6 Å². The molecule has 0 aliphatic rings. The molecule has 1 unspecified atom stereocenters. The van der Waals surface area contributed by atoms with Gasteiger partial charge in [-0.2, -0.15) is 0 Å². The maximum absolute atomic E-state index is 10.7. The standard InChI is InChI=1S/C17H19ClO3/c1-10-8-15(20-3)16(21-4)9-13(10)17(19)12-6-5-7-14(18)11(12)2/h5-9,17,19H,1-4H3. The largest absolute Gasteiger partial charge is 0.493 e. The van der Waals surface area contributed by atoms with Gasteiger partial charge in [0.15, 0.2) is 11.5 Å². The number of hydrogen-bond donors (Lipinski definition) is 1. The van der Waals surface area contributed by atoms with Gasteiger partial charge in [0.1, 0.15) is 6.10 Å². The molecule has 0 saturated heterocycles. The van der Waals surface area contributed by atoms with Crippen molar-refractivity contribution in [2.24, 2.45) is 0 Å². The molecular formula is C17H19ClO3. The van der Waals surface area contributed by atoms with Crippen LogP contribution in [0.25, 0.3) is 0 Å². The molecule has 2 rings (SSSR count). The van der Waals surface area contributed by atoms with Crippen LogP contribution in [0.5, 0.6) is 11.5 Å². The van der Waals surface area contributed by atoms with E-state index in [-0.39, 0.29) is 0 Å². The van der Waals surface area contributed by atoms with Gasteiger partial charge in [0.05, 0.1) is 14.2 Å². The Kier molecular flexibility index (Phi) is 4.76. The number of hydrogen-bond acceptors (Lipinski definition) is 3. The fourth-order valence-electron chi connectivity index (χ4n) is 2.38. The number of halogens is 1. The topological polar surface area (TPSA) is 38.7 Å². The molecule has 4 heteroatoms. The van der Waals surface area contributed by atoms with Crippen molar-refractivity contribution in [3.63, 3.8) is 0 Å². The summed E-state index contributed by atoms with van der Waals surface area (Å²) in [5.41, 5.74) is 3.37. The molecule has 2 aromatic carbocycles. The van der Waals surface area contributed by atoms with Gasteiger partial charge in [-0.05, 0) is 54.3 Å². The normalized spacial score (nSPS) is 12.1. The second-order valence-corrected chi connectivity index (χ2v) is 5.33. The van der Waals surface area contributed by atoms with E-state index in [2.05, 4.69) is 0 Å². The van der Waals surface area contributed by atoms with Gasteiger partial charge in [-0.15, -0.1) is 0 Å². The third kappa shape index (κ3) is 2.99. The highest BCUT2D eigenvalue weighted by Gasteiger charge is 2.19. The van der Waals surface area contributed by atoms with Crippen molar-refractivity contribution in [1.82, 2.24) is 0 Å². The molecule has 1 N–H and O–H groups in total. The molecule has 1 atom stereocenters. The van der Waals surface area contributed by atoms with Gasteiger partial charge < -0.3 is 14.6 Å². The Morgan fingerprint density at radius 3 is 2.24 bits per heavy atom. The van der Waals surface area contributed by atoms with Gasteiger partial charge >= 0.3 is 0 Å². The van der Waals surface area contributed by atoms with Crippen molar-refractivity contribution in [1.29, 1.82) is 0 Å². The van der Waals surface area contributed by atoms with E-state index in [4.69, 9.17) is 21.1 Å². The van der Waals surface area contributed by atoms with Gasteiger partial charge in [-0.1, -0.05) is 23.7 Å². The highest BCUT2D eigenvalue weighted by Crippen LogP contribution is 2.36. The van der Waals surface area contributed by atoms with Gasteiger partial charge in [0, 0.05) is 5.02 Å². The average molecular weight is 307 g/mol. The fraction of sp³-hybridized carbons (Fsp3) is 0.294. The number of aliphatic hydroxyl groups excluding tert-OH is 1. The maximum Gasteiger partial charge on any atom is 0.161 e. The third-order valence-electron chi connectivity index (χ3n) is 3.67. The Bertz CT molecular complexity index is 653. The summed E-state index contributed by atoms with van der Waals surface area (Å²) in [4.78, 5) is 0. The van der Waals surface area contributed by atoms with Crippen LogP contribution in [0.3, 0.4) is 0 Å². The number of benzene rings is 2. The van der Waals surface area contributed by atoms with E-state index in [1.54, 1.807) is 20.3 Å². The SMILES string of the molecule is COc1cc(C)c(C(O)c2cccc(Cl)c2C)cc1OC. The number of ether oxygens (including phenoxy) is 2. The van der Waals surface area contributed by atoms with E-state index < -0.39 is 6.10 Å². The second-order valence-electron chi connectivity index (χ2n) is 4.92. The van der Waals surface area contributed by atoms with E-state index in [0.29, 0.717) is 16.5 Å². The Balaban J connectivity index is 2.53. The van der Waals surface area contributed by atoms with Crippen molar-refractivity contribution in [3.8, 4) is 11.5 Å². The number of aryl methyl sites for hydroxylation is 1. The zero-order valence-corrected chi connectivity index (χ0v) is 13.4. The van der Waals surface area contributed by atoms with Crippen LogP contribution in [0.2, 0.25) is 5.02 Å². The lowest BCUT2D eigenvalue weighted by Gasteiger charge is -2.19. The van der Waals surface area contributed by atoms with Crippen molar-refractivity contribution in [2.75, 3.05) is 14.2 Å². The summed E-state index contributed by atoms with van der Waals surface area (Å²) in [5, 5.41) is 11.3. The Hall–Kier alpha value is -1.71. The van der Waals surface area contributed by atoms with Gasteiger partial charge in [0.2, 0.25) is 0 Å². The minimum atomic E-state index is -0.761. The van der Waals surface area contributed by atoms with E-state index in [0.717, 1.165) is 22.3 Å². The summed E-state index contributed by atoms with van der Waals surface area (Å²) in [6.07, 6.45) is -0.761. The minimum Gasteiger partial charge on any atom is -0.493 e. The average Bonchev–Trinajstić information content (AvgIpc) is 2.49. The molecular weight excluding hydrogens is 288 g/mol. The molecule has 0 spiro atoms. The molecule has 0 amide bonds. The van der Waals surface area contributed by atoms with Crippen LogP contribution in [-0.2, 0) is 0 Å². The summed E-state index contributed by atoms with van der Waals surface area (Å²) in [7, 11) is 3.17. The summed E-state index contributed by atoms with van der Waals surface area (Å²) in [6, 6.07) is 9.19. The first-order chi connectivity index (χ1) is 9.99. The Morgan fingerprint density at radius 1 is 1.00 bits per heavy atom. The van der Waals surface area contributed by atoms with Crippen LogP contribution in [0.15, 0.2) is 30.3 Å². The molecule has 0 heterocycles. The summed E-state index contributed by atoms with van der Waals surface area (Å²) < 4.78 is 10.6. The van der Waals surface area contributed by atoms with Crippen LogP contribution in [0.4, 0.5) is 0 Å². The van der Waals surface area contributed by atoms with Gasteiger partial charge in [-0.25, -0.2) is 0 Å². The zero-order valence-electron chi connectivity index (χ0n) is 12.6. The molecule has 0 radical (unpaired) electrons. The predicted octanol–water partition coefficient (Wildman–Crippen LogP) is 4.06. The molecule has 0 saturated carbocycles. The van der Waals surface area contributed by atoms with E-state index in [9.17, 15) is 5.11 Å². The van der Waals surface area contributed by atoms with E-state index in [1.807, 2.05) is 38.1 Å². The maximum atomic E-state index is 10.7. The van der Waals surface area contributed by atoms with Crippen LogP contribution in [-0.4, -0.2) is 19.3 Å². The molecule has 2 aromatic rings. The highest BCUT2D eigenvalue weighted by molar-refractivity contribution is 6.31. The lowest BCUT2D eigenvalue weighted by molar-refractivity contribution is 0.218. The van der Waals surface area contributed by atoms with Crippen LogP contribution in [0, 0.1) is 13.8 Å². The molecule has 0 aliphatic carbocycles. The number of rotatable bonds is 4. The predicted molar refractivity (Wildman–Crippen MR) is 84.5 cm³/mol. The second kappa shape index (κ2) is 6.37. The first-order valence-corrected chi connectivity index (χ1v) is 7.03. The van der Waals surface area contributed by atoms with Gasteiger partial charge in [0.25, 0.3) is 0 Å². The Labute approximate surface area is 130 Å². The van der Waals surface area contributed by atoms with Crippen molar-refractivity contribution < 1.29 is 14.6 Å². The van der Waals surface area contributed by atoms with Gasteiger partial charge in [-0.3, -0.25) is 0 Å². The summed E-state index contributed by atoms with van der Waals surface area (Å²) in [5.74, 6) is 1.24. The molecule has 0 aliphatic heterocycles. The Morgan fingerprint density at radius 2 is 1.62 bits per heavy atom. The van der Waals surface area contributed by atoms with E-state index in [1.165, 1.54) is 0 Å². The summed E-state index contributed by atoms with van der Waals surface area (Å²) in [6.45, 7) is 3.83. The molecule has 0 fully saturated rings. The van der Waals surface area contributed by atoms with Crippen LogP contribution in [0.1, 0.15) is 28.4 Å². The molecule has 112 valence electrons. The molecule has 3 nitrogen and oxygen atoms in total. The third-order valence-corrected chi connectivity index (χ3v) is 4.08. The lowest BCUT2D eigenvalue weighted by atomic mass is 9.94. The smallest absolute Gasteiger partial charge is 0.161 e. The fourth-order valence-corrected chi connectivity index (χ4v) is 2.56. The van der Waals surface area contributed by atoms with E-state index >= 15 is 0 Å². The van der Waals surface area contributed by atoms with Crippen LogP contribution >= 0.6 is 11.6 Å². The zero-order chi connectivity index (χ0) is 15.6. The molecule has 21 heavy (non-hydrogen) atoms. The monoisotopic (exact) mass is 306 g/mol. The molecule has 0 aromatic heterocycles. The lowest BCUT2D eigenvalue weighted by Crippen LogP contribution is -2.05. The van der Waals surface area contributed by atoms with Crippen molar-refractivity contribution >= 4 is 11.6 Å².